The van der Waals surface area contributed by atoms with E-state index >= 15 is 0 Å². The van der Waals surface area contributed by atoms with Crippen LogP contribution in [0.4, 0.5) is 0 Å². The Balaban J connectivity index is 0.000000245. The van der Waals surface area contributed by atoms with E-state index in [1.54, 1.807) is 0 Å². The van der Waals surface area contributed by atoms with Crippen LogP contribution in [0.25, 0.3) is 0 Å². The molecule has 0 fully saturated rings. The molecule has 0 aromatic heterocycles. The van der Waals surface area contributed by atoms with Crippen molar-refractivity contribution in [1.82, 2.24) is 0 Å². The third-order valence-corrected chi connectivity index (χ3v) is 1.73. The van der Waals surface area contributed by atoms with Crippen molar-refractivity contribution in [1.29, 1.82) is 0 Å². The molecule has 74 valence electrons. The van der Waals surface area contributed by atoms with E-state index in [4.69, 9.17) is 0 Å². The van der Waals surface area contributed by atoms with Gasteiger partial charge in [0.1, 0.15) is 0 Å². The molecular formula is C14H14Ti. The van der Waals surface area contributed by atoms with Crippen molar-refractivity contribution in [3.05, 3.63) is 71.8 Å². The van der Waals surface area contributed by atoms with Gasteiger partial charge in [-0.25, -0.2) is 0 Å². The molecule has 2 rings (SSSR count). The van der Waals surface area contributed by atoms with Gasteiger partial charge in [0.25, 0.3) is 0 Å². The molecule has 0 spiro atoms. The Morgan fingerprint density at radius 1 is 0.800 bits per heavy atom. The minimum Gasteiger partial charge on any atom is -0.184 e. The summed E-state index contributed by atoms with van der Waals surface area (Å²) in [6, 6.07) is 21.7. The topological polar surface area (TPSA) is 0 Å². The van der Waals surface area contributed by atoms with E-state index in [0.29, 0.717) is 0 Å². The first kappa shape index (κ1) is 14.2. The molecule has 0 heterocycles. The summed E-state index contributed by atoms with van der Waals surface area (Å²) in [5.74, 6) is 0. The van der Waals surface area contributed by atoms with Gasteiger partial charge in [-0.1, -0.05) is 13.8 Å². The van der Waals surface area contributed by atoms with Crippen LogP contribution in [0.15, 0.2) is 48.5 Å². The van der Waals surface area contributed by atoms with Crippen LogP contribution in [0, 0.1) is 26.0 Å². The number of benzene rings is 2. The molecule has 15 heavy (non-hydrogen) atoms. The number of aryl methyl sites for hydroxylation is 2. The molecule has 0 saturated carbocycles. The van der Waals surface area contributed by atoms with Crippen LogP contribution < -0.4 is 0 Å². The summed E-state index contributed by atoms with van der Waals surface area (Å²) >= 11 is 0. The molecular weight excluding hydrogens is 216 g/mol. The second-order valence-electron chi connectivity index (χ2n) is 3.16. The Kier molecular flexibility index (Phi) is 7.98. The Morgan fingerprint density at radius 3 is 1.33 bits per heavy atom. The molecule has 0 N–H and O–H groups in total. The SMILES string of the molecule is Cc1c[c-]ccc1.Cc1c[c-]ccc1.[Ti+2]. The molecule has 2 aromatic carbocycles. The molecule has 0 aliphatic heterocycles. The molecule has 1 heteroatoms. The minimum atomic E-state index is 0. The summed E-state index contributed by atoms with van der Waals surface area (Å²) in [6.07, 6.45) is 0. The van der Waals surface area contributed by atoms with Crippen molar-refractivity contribution in [3.63, 3.8) is 0 Å². The first-order chi connectivity index (χ1) is 6.79. The summed E-state index contributed by atoms with van der Waals surface area (Å²) in [5, 5.41) is 0. The minimum absolute atomic E-state index is 0. The van der Waals surface area contributed by atoms with Gasteiger partial charge in [0.2, 0.25) is 0 Å². The van der Waals surface area contributed by atoms with Gasteiger partial charge in [-0.05, 0) is 0 Å². The van der Waals surface area contributed by atoms with Gasteiger partial charge in [-0.2, -0.15) is 71.8 Å². The molecule has 2 aromatic rings. The van der Waals surface area contributed by atoms with Crippen molar-refractivity contribution >= 4 is 0 Å². The molecule has 0 unspecified atom stereocenters. The zero-order chi connectivity index (χ0) is 10.2. The third-order valence-electron chi connectivity index (χ3n) is 1.73. The molecule has 0 amide bonds. The fraction of sp³-hybridized carbons (Fsp3) is 0.143. The predicted molar refractivity (Wildman–Crippen MR) is 60.0 cm³/mol. The van der Waals surface area contributed by atoms with Crippen molar-refractivity contribution in [2.75, 3.05) is 0 Å². The molecule has 0 aliphatic carbocycles. The number of hydrogen-bond donors (Lipinski definition) is 0. The van der Waals surface area contributed by atoms with Gasteiger partial charge in [-0.3, -0.25) is 0 Å². The first-order valence-electron chi connectivity index (χ1n) is 4.64. The normalized spacial score (nSPS) is 8.13. The zero-order valence-electron chi connectivity index (χ0n) is 9.12. The summed E-state index contributed by atoms with van der Waals surface area (Å²) in [5.41, 5.74) is 2.53. The third kappa shape index (κ3) is 7.13. The van der Waals surface area contributed by atoms with Crippen LogP contribution in [0.2, 0.25) is 0 Å². The van der Waals surface area contributed by atoms with Crippen molar-refractivity contribution < 1.29 is 21.7 Å². The summed E-state index contributed by atoms with van der Waals surface area (Å²) in [7, 11) is 0. The van der Waals surface area contributed by atoms with Crippen LogP contribution in [-0.2, 0) is 21.7 Å². The van der Waals surface area contributed by atoms with E-state index in [1.807, 2.05) is 36.4 Å². The zero-order valence-corrected chi connectivity index (χ0v) is 10.7. The number of rotatable bonds is 0. The summed E-state index contributed by atoms with van der Waals surface area (Å²) < 4.78 is 0. The molecule has 0 atom stereocenters. The van der Waals surface area contributed by atoms with Crippen molar-refractivity contribution in [2.24, 2.45) is 0 Å². The van der Waals surface area contributed by atoms with Crippen LogP contribution in [0.3, 0.4) is 0 Å². The maximum absolute atomic E-state index is 2.96. The largest absolute Gasteiger partial charge is 2.00 e. The Morgan fingerprint density at radius 2 is 1.20 bits per heavy atom. The van der Waals surface area contributed by atoms with Crippen molar-refractivity contribution in [3.8, 4) is 0 Å². The van der Waals surface area contributed by atoms with Gasteiger partial charge in [-0.15, -0.1) is 0 Å². The predicted octanol–water partition coefficient (Wildman–Crippen LogP) is 3.59. The molecule has 0 bridgehead atoms. The Hall–Kier alpha value is -0.846. The molecule has 0 aliphatic rings. The molecule has 0 saturated heterocycles. The summed E-state index contributed by atoms with van der Waals surface area (Å²) in [4.78, 5) is 0. The van der Waals surface area contributed by atoms with E-state index in [-0.39, 0.29) is 21.7 Å². The Bertz CT molecular complexity index is 303. The average Bonchev–Trinajstić information content (AvgIpc) is 2.21. The van der Waals surface area contributed by atoms with Gasteiger partial charge in [0, 0.05) is 0 Å². The van der Waals surface area contributed by atoms with E-state index < -0.39 is 0 Å². The second kappa shape index (κ2) is 8.46. The van der Waals surface area contributed by atoms with Gasteiger partial charge >= 0.3 is 21.7 Å². The van der Waals surface area contributed by atoms with Gasteiger partial charge in [0.05, 0.1) is 0 Å². The smallest absolute Gasteiger partial charge is 0.184 e. The monoisotopic (exact) mass is 230 g/mol. The van der Waals surface area contributed by atoms with Crippen molar-refractivity contribution in [2.45, 2.75) is 13.8 Å². The average molecular weight is 230 g/mol. The maximum Gasteiger partial charge on any atom is 2.00 e. The van der Waals surface area contributed by atoms with Gasteiger partial charge in [0.15, 0.2) is 0 Å². The summed E-state index contributed by atoms with van der Waals surface area (Å²) in [6.45, 7) is 4.10. The van der Waals surface area contributed by atoms with Gasteiger partial charge < -0.3 is 0 Å². The van der Waals surface area contributed by atoms with E-state index in [1.165, 1.54) is 11.1 Å². The van der Waals surface area contributed by atoms with Crippen LogP contribution in [0.1, 0.15) is 11.1 Å². The van der Waals surface area contributed by atoms with Crippen LogP contribution >= 0.6 is 0 Å². The number of hydrogen-bond acceptors (Lipinski definition) is 0. The Labute approximate surface area is 107 Å². The molecule has 0 radical (unpaired) electrons. The maximum atomic E-state index is 2.96. The second-order valence-corrected chi connectivity index (χ2v) is 3.16. The van der Waals surface area contributed by atoms with Crippen LogP contribution in [0.5, 0.6) is 0 Å². The van der Waals surface area contributed by atoms with Crippen LogP contribution in [-0.4, -0.2) is 0 Å². The standard InChI is InChI=1S/2C7H7.Ti/c2*1-7-5-3-2-4-6-7;/h2*2-3,5-6H,1H3;/q2*-1;+2. The fourth-order valence-electron chi connectivity index (χ4n) is 0.966. The molecule has 0 nitrogen and oxygen atoms in total. The quantitative estimate of drug-likeness (QED) is 0.479. The van der Waals surface area contributed by atoms with E-state index in [0.717, 1.165) is 0 Å². The fourth-order valence-corrected chi connectivity index (χ4v) is 0.966. The van der Waals surface area contributed by atoms with E-state index in [9.17, 15) is 0 Å². The van der Waals surface area contributed by atoms with E-state index in [2.05, 4.69) is 38.1 Å². The first-order valence-corrected chi connectivity index (χ1v) is 4.64.